The summed E-state index contributed by atoms with van der Waals surface area (Å²) in [6.45, 7) is 13.2. The standard InChI is InChI=1S/C31H43N3O3/c1-7-25(34-27-19-24(30(32)37)14-16-28(27)35)20-33-29(36)18-22(3)11-8-10-21(2)13-15-26-23(4)12-9-17-31(26,5)6/h8,10-11,13-16,18-19,25,34-35H,7,9,12,17,20H2,1-6H3,(H2,32,37)(H,33,36)/b11-8+,15-13+,21-10+,22-18+. The first-order chi connectivity index (χ1) is 17.4. The van der Waals surface area contributed by atoms with Crippen molar-refractivity contribution in [1.29, 1.82) is 0 Å². The highest BCUT2D eigenvalue weighted by molar-refractivity contribution is 5.94. The predicted molar refractivity (Wildman–Crippen MR) is 153 cm³/mol. The van der Waals surface area contributed by atoms with Crippen LogP contribution >= 0.6 is 0 Å². The topological polar surface area (TPSA) is 104 Å². The molecule has 0 heterocycles. The van der Waals surface area contributed by atoms with E-state index in [4.69, 9.17) is 5.73 Å². The van der Waals surface area contributed by atoms with Crippen LogP contribution in [0.5, 0.6) is 5.75 Å². The van der Waals surface area contributed by atoms with E-state index in [1.54, 1.807) is 6.08 Å². The van der Waals surface area contributed by atoms with Crippen LogP contribution in [0, 0.1) is 5.41 Å². The Morgan fingerprint density at radius 1 is 1.19 bits per heavy atom. The van der Waals surface area contributed by atoms with Crippen molar-refractivity contribution in [2.24, 2.45) is 11.1 Å². The van der Waals surface area contributed by atoms with Gasteiger partial charge in [0.2, 0.25) is 11.8 Å². The normalized spacial score (nSPS) is 17.4. The number of nitrogens with two attached hydrogens (primary N) is 1. The number of amides is 2. The molecule has 1 aliphatic carbocycles. The maximum absolute atomic E-state index is 12.4. The molecule has 1 atom stereocenters. The van der Waals surface area contributed by atoms with Crippen LogP contribution in [0.25, 0.3) is 0 Å². The molecule has 0 saturated heterocycles. The highest BCUT2D eigenvalue weighted by atomic mass is 16.3. The number of nitrogens with one attached hydrogen (secondary N) is 2. The quantitative estimate of drug-likeness (QED) is 0.160. The van der Waals surface area contributed by atoms with Gasteiger partial charge in [-0.25, -0.2) is 0 Å². The number of benzene rings is 1. The summed E-state index contributed by atoms with van der Waals surface area (Å²) in [4.78, 5) is 23.8. The van der Waals surface area contributed by atoms with Crippen molar-refractivity contribution in [1.82, 2.24) is 5.32 Å². The Balaban J connectivity index is 1.92. The highest BCUT2D eigenvalue weighted by Crippen LogP contribution is 2.40. The lowest BCUT2D eigenvalue weighted by Gasteiger charge is -2.32. The molecule has 0 aromatic heterocycles. The van der Waals surface area contributed by atoms with Crippen LogP contribution in [0.3, 0.4) is 0 Å². The SMILES string of the molecule is CCC(CNC(=O)/C=C(C)/C=C/C=C(C)/C=C/C1=C(C)CCCC1(C)C)Nc1cc(C(N)=O)ccc1O. The van der Waals surface area contributed by atoms with Gasteiger partial charge < -0.3 is 21.5 Å². The van der Waals surface area contributed by atoms with Crippen LogP contribution in [0.4, 0.5) is 5.69 Å². The largest absolute Gasteiger partial charge is 0.506 e. The van der Waals surface area contributed by atoms with Crippen molar-refractivity contribution in [3.8, 4) is 5.75 Å². The minimum atomic E-state index is -0.570. The Morgan fingerprint density at radius 2 is 1.92 bits per heavy atom. The second-order valence-corrected chi connectivity index (χ2v) is 10.5. The van der Waals surface area contributed by atoms with Crippen molar-refractivity contribution in [3.05, 3.63) is 82.5 Å². The Bertz CT molecular complexity index is 1140. The number of aromatic hydroxyl groups is 1. The molecule has 0 saturated carbocycles. The molecule has 1 aliphatic rings. The Hall–Kier alpha value is -3.54. The molecule has 1 aromatic carbocycles. The summed E-state index contributed by atoms with van der Waals surface area (Å²) in [6, 6.07) is 4.27. The van der Waals surface area contributed by atoms with Gasteiger partial charge in [0, 0.05) is 24.2 Å². The van der Waals surface area contributed by atoms with Gasteiger partial charge in [0.25, 0.3) is 0 Å². The van der Waals surface area contributed by atoms with Gasteiger partial charge in [0.15, 0.2) is 0 Å². The fourth-order valence-electron chi connectivity index (χ4n) is 4.48. The van der Waals surface area contributed by atoms with Crippen molar-refractivity contribution in [2.75, 3.05) is 11.9 Å². The molecule has 2 rings (SSSR count). The monoisotopic (exact) mass is 505 g/mol. The Kier molecular flexibility index (Phi) is 11.0. The third kappa shape index (κ3) is 9.45. The van der Waals surface area contributed by atoms with E-state index in [1.807, 2.05) is 32.1 Å². The molecule has 2 amide bonds. The van der Waals surface area contributed by atoms with Gasteiger partial charge in [0.05, 0.1) is 5.69 Å². The lowest BCUT2D eigenvalue weighted by molar-refractivity contribution is -0.116. The van der Waals surface area contributed by atoms with E-state index < -0.39 is 5.91 Å². The average molecular weight is 506 g/mol. The van der Waals surface area contributed by atoms with Gasteiger partial charge >= 0.3 is 0 Å². The molecule has 37 heavy (non-hydrogen) atoms. The molecular formula is C31H43N3O3. The van der Waals surface area contributed by atoms with Crippen molar-refractivity contribution in [3.63, 3.8) is 0 Å². The number of hydrogen-bond acceptors (Lipinski definition) is 4. The zero-order valence-corrected chi connectivity index (χ0v) is 23.2. The van der Waals surface area contributed by atoms with Gasteiger partial charge in [-0.05, 0) is 81.2 Å². The number of rotatable bonds is 11. The molecule has 200 valence electrons. The molecule has 5 N–H and O–H groups in total. The molecular weight excluding hydrogens is 462 g/mol. The number of anilines is 1. The molecule has 0 radical (unpaired) electrons. The number of carbonyl (C=O) groups excluding carboxylic acids is 2. The molecule has 6 heteroatoms. The fourth-order valence-corrected chi connectivity index (χ4v) is 4.48. The third-order valence-electron chi connectivity index (χ3n) is 6.79. The summed E-state index contributed by atoms with van der Waals surface area (Å²) >= 11 is 0. The summed E-state index contributed by atoms with van der Waals surface area (Å²) in [5, 5.41) is 16.1. The fraction of sp³-hybridized carbons (Fsp3) is 0.419. The van der Waals surface area contributed by atoms with Crippen molar-refractivity contribution >= 4 is 17.5 Å². The van der Waals surface area contributed by atoms with E-state index in [9.17, 15) is 14.7 Å². The summed E-state index contributed by atoms with van der Waals surface area (Å²) < 4.78 is 0. The lowest BCUT2D eigenvalue weighted by atomic mass is 9.72. The first-order valence-electron chi connectivity index (χ1n) is 13.0. The maximum atomic E-state index is 12.4. The minimum absolute atomic E-state index is 0.0168. The van der Waals surface area contributed by atoms with E-state index in [0.717, 1.165) is 11.1 Å². The van der Waals surface area contributed by atoms with Gasteiger partial charge in [-0.15, -0.1) is 0 Å². The molecule has 1 aromatic rings. The average Bonchev–Trinajstić information content (AvgIpc) is 2.81. The smallest absolute Gasteiger partial charge is 0.248 e. The molecule has 1 unspecified atom stereocenters. The highest BCUT2D eigenvalue weighted by Gasteiger charge is 2.26. The van der Waals surface area contributed by atoms with Gasteiger partial charge in [-0.2, -0.15) is 0 Å². The van der Waals surface area contributed by atoms with Gasteiger partial charge in [-0.1, -0.05) is 62.3 Å². The number of hydrogen-bond donors (Lipinski definition) is 4. The van der Waals surface area contributed by atoms with Crippen LogP contribution in [0.2, 0.25) is 0 Å². The first kappa shape index (κ1) is 29.7. The van der Waals surface area contributed by atoms with E-state index in [-0.39, 0.29) is 23.1 Å². The predicted octanol–water partition coefficient (Wildman–Crippen LogP) is 6.33. The zero-order chi connectivity index (χ0) is 27.6. The number of phenols is 1. The van der Waals surface area contributed by atoms with Gasteiger partial charge in [0.1, 0.15) is 5.75 Å². The molecule has 0 fully saturated rings. The Labute approximate surface area is 222 Å². The number of primary amides is 1. The number of phenolic OH excluding ortho intramolecular Hbond substituents is 1. The van der Waals surface area contributed by atoms with Crippen LogP contribution in [-0.4, -0.2) is 29.5 Å². The van der Waals surface area contributed by atoms with Crippen LogP contribution in [-0.2, 0) is 4.79 Å². The molecule has 0 aliphatic heterocycles. The van der Waals surface area contributed by atoms with Crippen molar-refractivity contribution < 1.29 is 14.7 Å². The van der Waals surface area contributed by atoms with Crippen molar-refractivity contribution in [2.45, 2.75) is 73.3 Å². The minimum Gasteiger partial charge on any atom is -0.506 e. The number of carbonyl (C=O) groups is 2. The second kappa shape index (κ2) is 13.7. The van der Waals surface area contributed by atoms with E-state index in [2.05, 4.69) is 50.5 Å². The van der Waals surface area contributed by atoms with E-state index >= 15 is 0 Å². The second-order valence-electron chi connectivity index (χ2n) is 10.5. The zero-order valence-electron chi connectivity index (χ0n) is 23.2. The van der Waals surface area contributed by atoms with Crippen LogP contribution < -0.4 is 16.4 Å². The lowest BCUT2D eigenvalue weighted by Crippen LogP contribution is -2.35. The summed E-state index contributed by atoms with van der Waals surface area (Å²) in [5.74, 6) is -0.747. The number of allylic oxidation sites excluding steroid dienone is 9. The Morgan fingerprint density at radius 3 is 2.57 bits per heavy atom. The molecule has 0 bridgehead atoms. The third-order valence-corrected chi connectivity index (χ3v) is 6.79. The summed E-state index contributed by atoms with van der Waals surface area (Å²) in [6.07, 6.45) is 16.3. The summed E-state index contributed by atoms with van der Waals surface area (Å²) in [7, 11) is 0. The molecule has 0 spiro atoms. The first-order valence-corrected chi connectivity index (χ1v) is 13.0. The van der Waals surface area contributed by atoms with E-state index in [0.29, 0.717) is 24.2 Å². The summed E-state index contributed by atoms with van der Waals surface area (Å²) in [5.41, 5.74) is 11.2. The van der Waals surface area contributed by atoms with E-state index in [1.165, 1.54) is 48.6 Å². The van der Waals surface area contributed by atoms with Crippen LogP contribution in [0.15, 0.2) is 76.9 Å². The van der Waals surface area contributed by atoms with Crippen LogP contribution in [0.1, 0.15) is 77.6 Å². The van der Waals surface area contributed by atoms with Gasteiger partial charge in [-0.3, -0.25) is 9.59 Å². The molecule has 6 nitrogen and oxygen atoms in total. The maximum Gasteiger partial charge on any atom is 0.248 e.